The van der Waals surface area contributed by atoms with Crippen molar-refractivity contribution in [2.75, 3.05) is 18.4 Å². The zero-order chi connectivity index (χ0) is 15.0. The van der Waals surface area contributed by atoms with Crippen molar-refractivity contribution >= 4 is 17.7 Å². The minimum absolute atomic E-state index is 0.184. The van der Waals surface area contributed by atoms with Gasteiger partial charge in [-0.05, 0) is 32.2 Å². The number of carboxylic acid groups (broad SMARTS) is 1. The van der Waals surface area contributed by atoms with Crippen LogP contribution in [0.1, 0.15) is 31.9 Å². The molecule has 0 aliphatic rings. The van der Waals surface area contributed by atoms with E-state index in [-0.39, 0.29) is 18.9 Å². The normalized spacial score (nSPS) is 12.1. The Morgan fingerprint density at radius 3 is 2.80 bits per heavy atom. The summed E-state index contributed by atoms with van der Waals surface area (Å²) in [5.74, 6) is 0.410. The maximum atomic E-state index is 11.5. The summed E-state index contributed by atoms with van der Waals surface area (Å²) in [5.41, 5.74) is 0. The van der Waals surface area contributed by atoms with E-state index in [2.05, 4.69) is 15.8 Å². The maximum Gasteiger partial charge on any atom is 0.303 e. The van der Waals surface area contributed by atoms with E-state index in [9.17, 15) is 9.59 Å². The van der Waals surface area contributed by atoms with Crippen LogP contribution in [-0.2, 0) is 9.59 Å². The molecule has 0 aliphatic heterocycles. The number of aliphatic carboxylic acids is 1. The van der Waals surface area contributed by atoms with Crippen LogP contribution in [0.4, 0.5) is 5.82 Å². The lowest BCUT2D eigenvalue weighted by Crippen LogP contribution is -2.29. The Morgan fingerprint density at radius 2 is 2.20 bits per heavy atom. The summed E-state index contributed by atoms with van der Waals surface area (Å²) >= 11 is 0. The lowest BCUT2D eigenvalue weighted by atomic mass is 10.0. The molecule has 0 aromatic carbocycles. The van der Waals surface area contributed by atoms with E-state index < -0.39 is 5.97 Å². The standard InChI is InChI=1S/C13H21N3O4/c1-9(3-4-13(18)19)5-6-14-8-12(17)15-11-7-10(2)20-16-11/h7,9,14H,3-6,8H2,1-2H3,(H,18,19)(H,15,16,17). The number of carboxylic acids is 1. The van der Waals surface area contributed by atoms with Crippen molar-refractivity contribution in [2.45, 2.75) is 33.1 Å². The number of aromatic nitrogens is 1. The third-order valence-electron chi connectivity index (χ3n) is 2.85. The van der Waals surface area contributed by atoms with Gasteiger partial charge in [0.1, 0.15) is 5.76 Å². The number of nitrogens with zero attached hydrogens (tertiary/aromatic N) is 1. The molecule has 0 saturated heterocycles. The minimum atomic E-state index is -0.771. The topological polar surface area (TPSA) is 104 Å². The van der Waals surface area contributed by atoms with Crippen LogP contribution < -0.4 is 10.6 Å². The summed E-state index contributed by atoms with van der Waals surface area (Å²) in [6.07, 6.45) is 1.68. The molecular formula is C13H21N3O4. The smallest absolute Gasteiger partial charge is 0.303 e. The van der Waals surface area contributed by atoms with E-state index in [1.165, 1.54) is 0 Å². The monoisotopic (exact) mass is 283 g/mol. The molecule has 0 bridgehead atoms. The fraction of sp³-hybridized carbons (Fsp3) is 0.615. The first-order chi connectivity index (χ1) is 9.47. The van der Waals surface area contributed by atoms with Gasteiger partial charge in [-0.3, -0.25) is 9.59 Å². The van der Waals surface area contributed by atoms with Crippen LogP contribution in [0.5, 0.6) is 0 Å². The van der Waals surface area contributed by atoms with Gasteiger partial charge in [0.05, 0.1) is 6.54 Å². The first kappa shape index (κ1) is 16.2. The van der Waals surface area contributed by atoms with Crippen LogP contribution in [0.25, 0.3) is 0 Å². The van der Waals surface area contributed by atoms with Crippen molar-refractivity contribution < 1.29 is 19.2 Å². The molecule has 0 saturated carbocycles. The number of anilines is 1. The Labute approximate surface area is 117 Å². The molecule has 112 valence electrons. The number of hydrogen-bond acceptors (Lipinski definition) is 5. The molecule has 1 rings (SSSR count). The Balaban J connectivity index is 2.08. The second-order valence-corrected chi connectivity index (χ2v) is 4.87. The number of amides is 1. The van der Waals surface area contributed by atoms with Gasteiger partial charge in [-0.2, -0.15) is 0 Å². The second-order valence-electron chi connectivity index (χ2n) is 4.87. The molecular weight excluding hydrogens is 262 g/mol. The molecule has 0 fully saturated rings. The fourth-order valence-corrected chi connectivity index (χ4v) is 1.68. The lowest BCUT2D eigenvalue weighted by Gasteiger charge is -2.10. The van der Waals surface area contributed by atoms with Crippen LogP contribution in [0.3, 0.4) is 0 Å². The molecule has 1 aromatic rings. The summed E-state index contributed by atoms with van der Waals surface area (Å²) < 4.78 is 4.84. The second kappa shape index (κ2) is 8.31. The highest BCUT2D eigenvalue weighted by molar-refractivity contribution is 5.91. The third kappa shape index (κ3) is 6.89. The van der Waals surface area contributed by atoms with Gasteiger partial charge < -0.3 is 20.3 Å². The zero-order valence-electron chi connectivity index (χ0n) is 11.8. The maximum absolute atomic E-state index is 11.5. The summed E-state index contributed by atoms with van der Waals surface area (Å²) in [6, 6.07) is 1.64. The molecule has 20 heavy (non-hydrogen) atoms. The van der Waals surface area contributed by atoms with Gasteiger partial charge in [0.2, 0.25) is 5.91 Å². The fourth-order valence-electron chi connectivity index (χ4n) is 1.68. The van der Waals surface area contributed by atoms with E-state index in [4.69, 9.17) is 9.63 Å². The quantitative estimate of drug-likeness (QED) is 0.592. The number of aryl methyl sites for hydroxylation is 1. The summed E-state index contributed by atoms with van der Waals surface area (Å²) in [5, 5.41) is 17.8. The van der Waals surface area contributed by atoms with Crippen LogP contribution in [0.15, 0.2) is 10.6 Å². The average molecular weight is 283 g/mol. The van der Waals surface area contributed by atoms with Crippen molar-refractivity contribution in [2.24, 2.45) is 5.92 Å². The van der Waals surface area contributed by atoms with E-state index in [0.29, 0.717) is 30.5 Å². The summed E-state index contributed by atoms with van der Waals surface area (Å²) in [7, 11) is 0. The molecule has 0 radical (unpaired) electrons. The van der Waals surface area contributed by atoms with E-state index >= 15 is 0 Å². The molecule has 1 amide bonds. The molecule has 0 aliphatic carbocycles. The van der Waals surface area contributed by atoms with Crippen LogP contribution in [0.2, 0.25) is 0 Å². The van der Waals surface area contributed by atoms with Gasteiger partial charge >= 0.3 is 5.97 Å². The van der Waals surface area contributed by atoms with Gasteiger partial charge in [0, 0.05) is 12.5 Å². The van der Waals surface area contributed by atoms with Crippen LogP contribution in [-0.4, -0.2) is 35.2 Å². The minimum Gasteiger partial charge on any atom is -0.481 e. The Morgan fingerprint density at radius 1 is 1.45 bits per heavy atom. The lowest BCUT2D eigenvalue weighted by molar-refractivity contribution is -0.137. The van der Waals surface area contributed by atoms with Gasteiger partial charge in [-0.1, -0.05) is 12.1 Å². The van der Waals surface area contributed by atoms with Crippen molar-refractivity contribution in [1.29, 1.82) is 0 Å². The van der Waals surface area contributed by atoms with Gasteiger partial charge in [-0.15, -0.1) is 0 Å². The first-order valence-corrected chi connectivity index (χ1v) is 6.63. The van der Waals surface area contributed by atoms with Gasteiger partial charge in [0.15, 0.2) is 5.82 Å². The predicted octanol–water partition coefficient (Wildman–Crippen LogP) is 1.40. The molecule has 3 N–H and O–H groups in total. The molecule has 1 atom stereocenters. The Bertz CT molecular complexity index is 445. The number of carbonyl (C=O) groups is 2. The van der Waals surface area contributed by atoms with E-state index in [0.717, 1.165) is 6.42 Å². The number of rotatable bonds is 9. The van der Waals surface area contributed by atoms with Crippen LogP contribution in [0, 0.1) is 12.8 Å². The van der Waals surface area contributed by atoms with Gasteiger partial charge in [0.25, 0.3) is 0 Å². The molecule has 1 aromatic heterocycles. The average Bonchev–Trinajstić information content (AvgIpc) is 2.77. The Kier molecular flexibility index (Phi) is 6.72. The third-order valence-corrected chi connectivity index (χ3v) is 2.85. The number of carbonyl (C=O) groups excluding carboxylic acids is 1. The largest absolute Gasteiger partial charge is 0.481 e. The highest BCUT2D eigenvalue weighted by Crippen LogP contribution is 2.09. The summed E-state index contributed by atoms with van der Waals surface area (Å²) in [6.45, 7) is 4.62. The zero-order valence-corrected chi connectivity index (χ0v) is 11.8. The highest BCUT2D eigenvalue weighted by atomic mass is 16.5. The Hall–Kier alpha value is -1.89. The molecule has 7 heteroatoms. The number of hydrogen-bond donors (Lipinski definition) is 3. The SMILES string of the molecule is Cc1cc(NC(=O)CNCCC(C)CCC(=O)O)no1. The predicted molar refractivity (Wildman–Crippen MR) is 73.4 cm³/mol. The molecule has 1 unspecified atom stereocenters. The molecule has 0 spiro atoms. The van der Waals surface area contributed by atoms with Crippen molar-refractivity contribution in [1.82, 2.24) is 10.5 Å². The highest BCUT2D eigenvalue weighted by Gasteiger charge is 2.07. The molecule has 1 heterocycles. The van der Waals surface area contributed by atoms with E-state index in [1.54, 1.807) is 13.0 Å². The van der Waals surface area contributed by atoms with Gasteiger partial charge in [-0.25, -0.2) is 0 Å². The molecule has 7 nitrogen and oxygen atoms in total. The summed E-state index contributed by atoms with van der Waals surface area (Å²) in [4.78, 5) is 22.0. The van der Waals surface area contributed by atoms with Crippen molar-refractivity contribution in [3.8, 4) is 0 Å². The van der Waals surface area contributed by atoms with E-state index in [1.807, 2.05) is 6.92 Å². The number of nitrogens with one attached hydrogen (secondary N) is 2. The van der Waals surface area contributed by atoms with Crippen molar-refractivity contribution in [3.05, 3.63) is 11.8 Å². The van der Waals surface area contributed by atoms with Crippen LogP contribution >= 0.6 is 0 Å². The van der Waals surface area contributed by atoms with Crippen molar-refractivity contribution in [3.63, 3.8) is 0 Å². The first-order valence-electron chi connectivity index (χ1n) is 6.63.